The SMILES string of the molecule is COC(=O)[C@H]1O[C@@]2(CCC[C@@H](OCc3ccccc3)[C@H](C)Cc3ccccc3)O[C@](C(=O)OC)([C@H](OCc3ccccc3)[C@H]2OCc2ccccc2)[C@]1(O)COCc1ccccc1. The maximum absolute atomic E-state index is 14.8. The zero-order valence-electron chi connectivity index (χ0n) is 36.2. The van der Waals surface area contributed by atoms with E-state index in [9.17, 15) is 14.7 Å². The van der Waals surface area contributed by atoms with Crippen molar-refractivity contribution in [2.45, 2.75) is 100 Å². The predicted molar refractivity (Wildman–Crippen MR) is 235 cm³/mol. The highest BCUT2D eigenvalue weighted by Gasteiger charge is 2.83. The second-order valence-electron chi connectivity index (χ2n) is 16.4. The van der Waals surface area contributed by atoms with Gasteiger partial charge in [-0.3, -0.25) is 0 Å². The fraction of sp³-hybridized carbons (Fsp3) is 0.385. The van der Waals surface area contributed by atoms with Crippen molar-refractivity contribution < 1.29 is 52.6 Å². The van der Waals surface area contributed by atoms with E-state index < -0.39 is 53.8 Å². The van der Waals surface area contributed by atoms with Crippen LogP contribution in [0.1, 0.15) is 54.0 Å². The Kier molecular flexibility index (Phi) is 15.6. The summed E-state index contributed by atoms with van der Waals surface area (Å²) in [6.45, 7) is 2.07. The summed E-state index contributed by atoms with van der Waals surface area (Å²) in [5, 5.41) is 13.2. The second kappa shape index (κ2) is 21.4. The van der Waals surface area contributed by atoms with E-state index in [-0.39, 0.29) is 38.3 Å². The lowest BCUT2D eigenvalue weighted by molar-refractivity contribution is -0.389. The van der Waals surface area contributed by atoms with Crippen LogP contribution in [0.15, 0.2) is 152 Å². The highest BCUT2D eigenvalue weighted by molar-refractivity contribution is 5.87. The van der Waals surface area contributed by atoms with Crippen LogP contribution in [0.4, 0.5) is 0 Å². The maximum Gasteiger partial charge on any atom is 0.344 e. The molecule has 2 heterocycles. The fourth-order valence-electron chi connectivity index (χ4n) is 8.84. The quantitative estimate of drug-likeness (QED) is 0.0682. The first-order valence-electron chi connectivity index (χ1n) is 21.6. The minimum Gasteiger partial charge on any atom is -0.467 e. The van der Waals surface area contributed by atoms with Crippen LogP contribution in [-0.4, -0.2) is 79.3 Å². The molecule has 8 atom stereocenters. The zero-order valence-corrected chi connectivity index (χ0v) is 36.2. The molecule has 2 bridgehead atoms. The van der Waals surface area contributed by atoms with E-state index in [0.717, 1.165) is 28.7 Å². The standard InChI is InChI=1S/C52H58O11/c1-38(32-39-20-9-4-10-21-39)44(59-34-41-24-13-6-14-25-41)30-19-31-51-45(60-35-42-26-15-7-16-27-42)46(61-36-43-28-17-8-18-29-43)52(63-51,49(54)57-3)50(55,47(62-51)48(53)56-2)37-58-33-40-22-11-5-12-23-40/h4-18,20-29,38,44-47,55H,19,30-37H2,1-3H3/t38-,44-,45-,46-,47-,50+,51+,52+/m1/s1. The molecule has 2 aliphatic rings. The molecule has 0 radical (unpaired) electrons. The van der Waals surface area contributed by atoms with Crippen molar-refractivity contribution in [2.24, 2.45) is 5.92 Å². The number of methoxy groups -OCH3 is 2. The number of ether oxygens (including phenoxy) is 8. The molecule has 0 amide bonds. The summed E-state index contributed by atoms with van der Waals surface area (Å²) in [5.41, 5.74) is -0.315. The van der Waals surface area contributed by atoms with Gasteiger partial charge in [0.25, 0.3) is 0 Å². The van der Waals surface area contributed by atoms with Crippen molar-refractivity contribution in [3.8, 4) is 0 Å². The Morgan fingerprint density at radius 3 is 1.62 bits per heavy atom. The van der Waals surface area contributed by atoms with Crippen LogP contribution < -0.4 is 0 Å². The lowest BCUT2D eigenvalue weighted by Crippen LogP contribution is -2.77. The van der Waals surface area contributed by atoms with Crippen molar-refractivity contribution >= 4 is 11.9 Å². The fourth-order valence-corrected chi connectivity index (χ4v) is 8.84. The third kappa shape index (κ3) is 10.4. The molecule has 1 N–H and O–H groups in total. The first kappa shape index (κ1) is 45.8. The number of aliphatic hydroxyl groups is 1. The van der Waals surface area contributed by atoms with Gasteiger partial charge in [0, 0.05) is 6.42 Å². The van der Waals surface area contributed by atoms with Gasteiger partial charge in [0.2, 0.25) is 5.60 Å². The monoisotopic (exact) mass is 858 g/mol. The molecule has 5 aromatic carbocycles. The summed E-state index contributed by atoms with van der Waals surface area (Å²) < 4.78 is 51.2. The number of hydrogen-bond acceptors (Lipinski definition) is 11. The second-order valence-corrected chi connectivity index (χ2v) is 16.4. The minimum absolute atomic E-state index is 0.00880. The summed E-state index contributed by atoms with van der Waals surface area (Å²) in [6, 6.07) is 48.6. The number of carbonyl (C=O) groups is 2. The van der Waals surface area contributed by atoms with E-state index in [1.54, 1.807) is 0 Å². The van der Waals surface area contributed by atoms with E-state index in [0.29, 0.717) is 19.4 Å². The van der Waals surface area contributed by atoms with Gasteiger partial charge in [-0.15, -0.1) is 0 Å². The van der Waals surface area contributed by atoms with Crippen LogP contribution >= 0.6 is 0 Å². The summed E-state index contributed by atoms with van der Waals surface area (Å²) in [4.78, 5) is 28.9. The number of esters is 2. The lowest BCUT2D eigenvalue weighted by atomic mass is 9.74. The molecule has 0 unspecified atom stereocenters. The molecule has 63 heavy (non-hydrogen) atoms. The molecule has 2 saturated heterocycles. The maximum atomic E-state index is 14.8. The molecule has 2 aliphatic heterocycles. The van der Waals surface area contributed by atoms with Crippen molar-refractivity contribution in [3.63, 3.8) is 0 Å². The number of benzene rings is 5. The Labute approximate surface area is 370 Å². The summed E-state index contributed by atoms with van der Waals surface area (Å²) in [7, 11) is 2.40. The van der Waals surface area contributed by atoms with Crippen molar-refractivity contribution in [2.75, 3.05) is 20.8 Å². The van der Waals surface area contributed by atoms with E-state index in [4.69, 9.17) is 37.9 Å². The smallest absolute Gasteiger partial charge is 0.344 e. The molecule has 2 fully saturated rings. The largest absolute Gasteiger partial charge is 0.467 e. The first-order valence-corrected chi connectivity index (χ1v) is 21.6. The first-order chi connectivity index (χ1) is 30.7. The van der Waals surface area contributed by atoms with Crippen molar-refractivity contribution in [3.05, 3.63) is 179 Å². The lowest BCUT2D eigenvalue weighted by Gasteiger charge is -2.51. The molecule has 5 aromatic rings. The van der Waals surface area contributed by atoms with Gasteiger partial charge in [-0.2, -0.15) is 0 Å². The Hall–Kier alpha value is -5.24. The topological polar surface area (TPSA) is 128 Å². The number of carbonyl (C=O) groups excluding carboxylic acids is 2. The van der Waals surface area contributed by atoms with Crippen LogP contribution in [0.3, 0.4) is 0 Å². The van der Waals surface area contributed by atoms with Gasteiger partial charge < -0.3 is 43.0 Å². The van der Waals surface area contributed by atoms with Gasteiger partial charge in [0.05, 0.1) is 53.4 Å². The third-order valence-corrected chi connectivity index (χ3v) is 12.1. The van der Waals surface area contributed by atoms with Crippen LogP contribution in [0.5, 0.6) is 0 Å². The molecule has 0 saturated carbocycles. The molecule has 0 spiro atoms. The van der Waals surface area contributed by atoms with Crippen LogP contribution in [0.25, 0.3) is 0 Å². The third-order valence-electron chi connectivity index (χ3n) is 12.1. The van der Waals surface area contributed by atoms with Gasteiger partial charge in [-0.1, -0.05) is 159 Å². The number of hydrogen-bond donors (Lipinski definition) is 1. The van der Waals surface area contributed by atoms with Crippen molar-refractivity contribution in [1.82, 2.24) is 0 Å². The molecule has 332 valence electrons. The molecule has 0 aromatic heterocycles. The normalized spacial score (nSPS) is 24.9. The highest BCUT2D eigenvalue weighted by Crippen LogP contribution is 2.57. The predicted octanol–water partition coefficient (Wildman–Crippen LogP) is 7.95. The van der Waals surface area contributed by atoms with Crippen LogP contribution in [0, 0.1) is 5.92 Å². The van der Waals surface area contributed by atoms with Gasteiger partial charge >= 0.3 is 11.9 Å². The van der Waals surface area contributed by atoms with Crippen LogP contribution in [0.2, 0.25) is 0 Å². The summed E-state index contributed by atoms with van der Waals surface area (Å²) in [5.74, 6) is -3.67. The molecular formula is C52H58O11. The van der Waals surface area contributed by atoms with E-state index in [1.165, 1.54) is 19.8 Å². The van der Waals surface area contributed by atoms with Crippen LogP contribution in [-0.2, 0) is 80.3 Å². The van der Waals surface area contributed by atoms with Gasteiger partial charge in [0.15, 0.2) is 17.5 Å². The van der Waals surface area contributed by atoms with E-state index in [1.807, 2.05) is 140 Å². The average molecular weight is 859 g/mol. The van der Waals surface area contributed by atoms with Gasteiger partial charge in [-0.25, -0.2) is 9.59 Å². The molecule has 11 nitrogen and oxygen atoms in total. The number of fused-ring (bicyclic) bond motifs is 2. The number of rotatable bonds is 22. The van der Waals surface area contributed by atoms with Gasteiger partial charge in [-0.05, 0) is 53.0 Å². The Morgan fingerprint density at radius 1 is 0.635 bits per heavy atom. The van der Waals surface area contributed by atoms with Crippen molar-refractivity contribution in [1.29, 1.82) is 0 Å². The molecular weight excluding hydrogens is 801 g/mol. The zero-order chi connectivity index (χ0) is 44.1. The van der Waals surface area contributed by atoms with E-state index in [2.05, 4.69) is 19.1 Å². The summed E-state index contributed by atoms with van der Waals surface area (Å²) >= 11 is 0. The highest BCUT2D eigenvalue weighted by atomic mass is 16.8. The molecule has 7 rings (SSSR count). The molecule has 0 aliphatic carbocycles. The van der Waals surface area contributed by atoms with E-state index >= 15 is 0 Å². The average Bonchev–Trinajstić information content (AvgIpc) is 3.57. The summed E-state index contributed by atoms with van der Waals surface area (Å²) in [6.07, 6.45) is -2.74. The Balaban J connectivity index is 1.28. The Morgan fingerprint density at radius 2 is 1.11 bits per heavy atom. The Bertz CT molecular complexity index is 2160. The molecule has 11 heteroatoms. The minimum atomic E-state index is -2.55. The van der Waals surface area contributed by atoms with Gasteiger partial charge in [0.1, 0.15) is 12.2 Å².